The second kappa shape index (κ2) is 3.73. The Labute approximate surface area is 87.3 Å². The smallest absolute Gasteiger partial charge is 0.125 e. The van der Waals surface area contributed by atoms with Gasteiger partial charge in [-0.05, 0) is 23.3 Å². The predicted molar refractivity (Wildman–Crippen MR) is 56.8 cm³/mol. The molecule has 0 bridgehead atoms. The fourth-order valence-electron chi connectivity index (χ4n) is 1.51. The minimum absolute atomic E-state index is 0.303. The largest absolute Gasteiger partial charge is 0.398 e. The van der Waals surface area contributed by atoms with E-state index in [2.05, 4.69) is 5.10 Å². The first-order chi connectivity index (χ1) is 7.15. The zero-order valence-corrected chi connectivity index (χ0v) is 8.44. The lowest BCUT2D eigenvalue weighted by molar-refractivity contribution is 0.628. The first-order valence-electron chi connectivity index (χ1n) is 4.66. The van der Waals surface area contributed by atoms with E-state index in [0.717, 1.165) is 11.1 Å². The standard InChI is InChI=1S/C11H12FN3/c1-15-7-8(6-14-15)4-9-2-3-10(12)5-11(9)13/h2-3,5-7H,4,13H2,1H3. The molecule has 0 aliphatic heterocycles. The van der Waals surface area contributed by atoms with Crippen molar-refractivity contribution in [2.75, 3.05) is 5.73 Å². The van der Waals surface area contributed by atoms with Gasteiger partial charge in [-0.15, -0.1) is 0 Å². The lowest BCUT2D eigenvalue weighted by Gasteiger charge is -2.03. The number of hydrogen-bond donors (Lipinski definition) is 1. The summed E-state index contributed by atoms with van der Waals surface area (Å²) in [5.74, 6) is -0.303. The topological polar surface area (TPSA) is 43.8 Å². The number of nitrogen functional groups attached to an aromatic ring is 1. The Morgan fingerprint density at radius 1 is 1.47 bits per heavy atom. The van der Waals surface area contributed by atoms with Gasteiger partial charge in [-0.25, -0.2) is 4.39 Å². The Morgan fingerprint density at radius 2 is 2.27 bits per heavy atom. The van der Waals surface area contributed by atoms with Crippen molar-refractivity contribution in [1.82, 2.24) is 9.78 Å². The molecule has 78 valence electrons. The highest BCUT2D eigenvalue weighted by atomic mass is 19.1. The molecule has 2 rings (SSSR count). The Hall–Kier alpha value is -1.84. The fraction of sp³-hybridized carbons (Fsp3) is 0.182. The average molecular weight is 205 g/mol. The molecule has 0 amide bonds. The summed E-state index contributed by atoms with van der Waals surface area (Å²) in [6, 6.07) is 4.46. The summed E-state index contributed by atoms with van der Waals surface area (Å²) in [5.41, 5.74) is 8.18. The van der Waals surface area contributed by atoms with Crippen LogP contribution in [-0.4, -0.2) is 9.78 Å². The summed E-state index contributed by atoms with van der Waals surface area (Å²) in [5, 5.41) is 4.06. The number of anilines is 1. The van der Waals surface area contributed by atoms with Crippen LogP contribution < -0.4 is 5.73 Å². The van der Waals surface area contributed by atoms with Gasteiger partial charge in [0.15, 0.2) is 0 Å². The van der Waals surface area contributed by atoms with Crippen molar-refractivity contribution >= 4 is 5.69 Å². The molecule has 1 heterocycles. The van der Waals surface area contributed by atoms with E-state index in [0.29, 0.717) is 12.1 Å². The predicted octanol–water partition coefficient (Wildman–Crippen LogP) is 1.73. The summed E-state index contributed by atoms with van der Waals surface area (Å²) in [7, 11) is 1.86. The summed E-state index contributed by atoms with van der Waals surface area (Å²) in [4.78, 5) is 0. The molecule has 0 aliphatic carbocycles. The lowest BCUT2D eigenvalue weighted by atomic mass is 10.1. The van der Waals surface area contributed by atoms with Gasteiger partial charge in [-0.2, -0.15) is 5.10 Å². The molecule has 0 saturated heterocycles. The van der Waals surface area contributed by atoms with Gasteiger partial charge in [0.05, 0.1) is 6.20 Å². The molecule has 0 spiro atoms. The molecule has 2 N–H and O–H groups in total. The van der Waals surface area contributed by atoms with Crippen LogP contribution in [0.25, 0.3) is 0 Å². The molecule has 2 aromatic rings. The first kappa shape index (κ1) is 9.71. The summed E-state index contributed by atoms with van der Waals surface area (Å²) in [6.45, 7) is 0. The summed E-state index contributed by atoms with van der Waals surface area (Å²) >= 11 is 0. The van der Waals surface area contributed by atoms with Gasteiger partial charge in [0.25, 0.3) is 0 Å². The maximum Gasteiger partial charge on any atom is 0.125 e. The van der Waals surface area contributed by atoms with Gasteiger partial charge in [0.2, 0.25) is 0 Å². The fourth-order valence-corrected chi connectivity index (χ4v) is 1.51. The van der Waals surface area contributed by atoms with Crippen LogP contribution >= 0.6 is 0 Å². The number of hydrogen-bond acceptors (Lipinski definition) is 2. The van der Waals surface area contributed by atoms with Crippen LogP contribution in [0.3, 0.4) is 0 Å². The van der Waals surface area contributed by atoms with Crippen LogP contribution in [0.4, 0.5) is 10.1 Å². The molecule has 0 fully saturated rings. The number of benzene rings is 1. The maximum atomic E-state index is 12.8. The molecular weight excluding hydrogens is 193 g/mol. The lowest BCUT2D eigenvalue weighted by Crippen LogP contribution is -1.96. The quantitative estimate of drug-likeness (QED) is 0.759. The van der Waals surface area contributed by atoms with Gasteiger partial charge in [0, 0.05) is 25.4 Å². The van der Waals surface area contributed by atoms with Crippen LogP contribution in [0, 0.1) is 5.82 Å². The number of rotatable bonds is 2. The van der Waals surface area contributed by atoms with E-state index in [4.69, 9.17) is 5.73 Å². The number of aryl methyl sites for hydroxylation is 1. The molecule has 4 heteroatoms. The van der Waals surface area contributed by atoms with E-state index in [9.17, 15) is 4.39 Å². The minimum Gasteiger partial charge on any atom is -0.398 e. The normalized spacial score (nSPS) is 10.5. The SMILES string of the molecule is Cn1cc(Cc2ccc(F)cc2N)cn1. The van der Waals surface area contributed by atoms with Crippen molar-refractivity contribution < 1.29 is 4.39 Å². The second-order valence-corrected chi connectivity index (χ2v) is 3.54. The van der Waals surface area contributed by atoms with Gasteiger partial charge >= 0.3 is 0 Å². The number of halogens is 1. The Balaban J connectivity index is 2.24. The van der Waals surface area contributed by atoms with Crippen molar-refractivity contribution in [2.45, 2.75) is 6.42 Å². The number of nitrogens with two attached hydrogens (primary N) is 1. The van der Waals surface area contributed by atoms with E-state index in [1.807, 2.05) is 13.2 Å². The molecule has 1 aromatic carbocycles. The van der Waals surface area contributed by atoms with E-state index in [1.165, 1.54) is 12.1 Å². The number of aromatic nitrogens is 2. The second-order valence-electron chi connectivity index (χ2n) is 3.54. The van der Waals surface area contributed by atoms with Gasteiger partial charge in [-0.3, -0.25) is 4.68 Å². The molecule has 1 aromatic heterocycles. The third kappa shape index (κ3) is 2.15. The van der Waals surface area contributed by atoms with Crippen molar-refractivity contribution in [3.05, 3.63) is 47.5 Å². The van der Waals surface area contributed by atoms with Crippen molar-refractivity contribution in [2.24, 2.45) is 7.05 Å². The average Bonchev–Trinajstić information content (AvgIpc) is 2.56. The van der Waals surface area contributed by atoms with E-state index < -0.39 is 0 Å². The highest BCUT2D eigenvalue weighted by molar-refractivity contribution is 5.48. The molecule has 0 radical (unpaired) electrons. The van der Waals surface area contributed by atoms with E-state index in [-0.39, 0.29) is 5.82 Å². The van der Waals surface area contributed by atoms with Crippen LogP contribution in [0.1, 0.15) is 11.1 Å². The molecule has 0 saturated carbocycles. The van der Waals surface area contributed by atoms with Gasteiger partial charge in [0.1, 0.15) is 5.82 Å². The Kier molecular flexibility index (Phi) is 2.41. The first-order valence-corrected chi connectivity index (χ1v) is 4.66. The third-order valence-corrected chi connectivity index (χ3v) is 2.26. The number of nitrogens with zero attached hydrogens (tertiary/aromatic N) is 2. The van der Waals surface area contributed by atoms with Crippen molar-refractivity contribution in [1.29, 1.82) is 0 Å². The Morgan fingerprint density at radius 3 is 2.87 bits per heavy atom. The van der Waals surface area contributed by atoms with Crippen LogP contribution in [-0.2, 0) is 13.5 Å². The molecule has 0 unspecified atom stereocenters. The van der Waals surface area contributed by atoms with E-state index >= 15 is 0 Å². The van der Waals surface area contributed by atoms with Gasteiger partial charge in [-0.1, -0.05) is 6.07 Å². The third-order valence-electron chi connectivity index (χ3n) is 2.26. The highest BCUT2D eigenvalue weighted by Crippen LogP contribution is 2.17. The monoisotopic (exact) mass is 205 g/mol. The molecule has 0 atom stereocenters. The molecule has 15 heavy (non-hydrogen) atoms. The van der Waals surface area contributed by atoms with Crippen LogP contribution in [0.2, 0.25) is 0 Å². The molecular formula is C11H12FN3. The Bertz CT molecular complexity index is 476. The van der Waals surface area contributed by atoms with Crippen molar-refractivity contribution in [3.8, 4) is 0 Å². The zero-order chi connectivity index (χ0) is 10.8. The van der Waals surface area contributed by atoms with Crippen LogP contribution in [0.15, 0.2) is 30.6 Å². The van der Waals surface area contributed by atoms with Crippen LogP contribution in [0.5, 0.6) is 0 Å². The van der Waals surface area contributed by atoms with Crippen molar-refractivity contribution in [3.63, 3.8) is 0 Å². The van der Waals surface area contributed by atoms with Gasteiger partial charge < -0.3 is 5.73 Å². The summed E-state index contributed by atoms with van der Waals surface area (Å²) in [6.07, 6.45) is 4.38. The van der Waals surface area contributed by atoms with E-state index in [1.54, 1.807) is 16.9 Å². The summed E-state index contributed by atoms with van der Waals surface area (Å²) < 4.78 is 14.5. The zero-order valence-electron chi connectivity index (χ0n) is 8.44. The molecule has 3 nitrogen and oxygen atoms in total. The maximum absolute atomic E-state index is 12.8. The highest BCUT2D eigenvalue weighted by Gasteiger charge is 2.03. The minimum atomic E-state index is -0.303. The molecule has 0 aliphatic rings.